The molecule has 0 spiro atoms. The van der Waals surface area contributed by atoms with E-state index in [1.165, 1.54) is 47.2 Å². The molecule has 2 aromatic rings. The predicted molar refractivity (Wildman–Crippen MR) is 80.8 cm³/mol. The minimum Gasteiger partial charge on any atom is -0.361 e. The monoisotopic (exact) mass is 257 g/mol. The van der Waals surface area contributed by atoms with Gasteiger partial charge < -0.3 is 15.2 Å². The first-order valence-electron chi connectivity index (χ1n) is 7.24. The molecule has 0 radical (unpaired) electrons. The second kappa shape index (κ2) is 5.35. The van der Waals surface area contributed by atoms with Crippen LogP contribution in [-0.2, 0) is 6.42 Å². The van der Waals surface area contributed by atoms with Gasteiger partial charge in [-0.15, -0.1) is 0 Å². The van der Waals surface area contributed by atoms with Crippen LogP contribution in [0.1, 0.15) is 16.7 Å². The fourth-order valence-electron chi connectivity index (χ4n) is 2.86. The smallest absolute Gasteiger partial charge is 0.0459 e. The summed E-state index contributed by atoms with van der Waals surface area (Å²) in [5, 5.41) is 4.80. The molecule has 0 unspecified atom stereocenters. The number of hydrogen-bond donors (Lipinski definition) is 2. The summed E-state index contributed by atoms with van der Waals surface area (Å²) in [7, 11) is 0. The molecule has 2 N–H and O–H groups in total. The third-order valence-electron chi connectivity index (χ3n) is 4.29. The van der Waals surface area contributed by atoms with Gasteiger partial charge in [0, 0.05) is 49.8 Å². The number of hydrogen-bond acceptors (Lipinski definition) is 2. The Labute approximate surface area is 115 Å². The predicted octanol–water partition coefficient (Wildman–Crippen LogP) is 2.23. The van der Waals surface area contributed by atoms with Crippen molar-refractivity contribution in [2.45, 2.75) is 20.3 Å². The van der Waals surface area contributed by atoms with Gasteiger partial charge in [-0.1, -0.05) is 0 Å². The number of rotatable bonds is 3. The van der Waals surface area contributed by atoms with Crippen molar-refractivity contribution >= 4 is 10.9 Å². The highest BCUT2D eigenvalue weighted by Crippen LogP contribution is 2.22. The van der Waals surface area contributed by atoms with Crippen molar-refractivity contribution in [3.63, 3.8) is 0 Å². The molecular formula is C16H23N3. The van der Waals surface area contributed by atoms with Gasteiger partial charge in [0.15, 0.2) is 0 Å². The lowest BCUT2D eigenvalue weighted by Gasteiger charge is -2.26. The topological polar surface area (TPSA) is 31.1 Å². The number of H-pyrrole nitrogens is 1. The highest BCUT2D eigenvalue weighted by molar-refractivity contribution is 5.84. The fourth-order valence-corrected chi connectivity index (χ4v) is 2.86. The lowest BCUT2D eigenvalue weighted by atomic mass is 10.0. The van der Waals surface area contributed by atoms with Crippen molar-refractivity contribution in [1.82, 2.24) is 15.2 Å². The van der Waals surface area contributed by atoms with Crippen LogP contribution in [0.5, 0.6) is 0 Å². The van der Waals surface area contributed by atoms with E-state index in [1.807, 2.05) is 0 Å². The zero-order valence-corrected chi connectivity index (χ0v) is 11.9. The van der Waals surface area contributed by atoms with Gasteiger partial charge in [0.25, 0.3) is 0 Å². The van der Waals surface area contributed by atoms with Crippen molar-refractivity contribution in [2.24, 2.45) is 0 Å². The van der Waals surface area contributed by atoms with Gasteiger partial charge in [-0.2, -0.15) is 0 Å². The first-order valence-corrected chi connectivity index (χ1v) is 7.24. The average molecular weight is 257 g/mol. The molecule has 0 aliphatic carbocycles. The summed E-state index contributed by atoms with van der Waals surface area (Å²) >= 11 is 0. The molecule has 0 atom stereocenters. The Morgan fingerprint density at radius 1 is 1.11 bits per heavy atom. The van der Waals surface area contributed by atoms with E-state index >= 15 is 0 Å². The van der Waals surface area contributed by atoms with E-state index in [2.05, 4.69) is 47.4 Å². The van der Waals surface area contributed by atoms with Gasteiger partial charge in [0.2, 0.25) is 0 Å². The molecule has 102 valence electrons. The van der Waals surface area contributed by atoms with Crippen LogP contribution in [0.15, 0.2) is 18.3 Å². The molecule has 1 aliphatic heterocycles. The van der Waals surface area contributed by atoms with Crippen LogP contribution in [-0.4, -0.2) is 42.6 Å². The van der Waals surface area contributed by atoms with Crippen LogP contribution >= 0.6 is 0 Å². The third kappa shape index (κ3) is 2.67. The van der Waals surface area contributed by atoms with E-state index in [0.717, 1.165) is 19.5 Å². The molecule has 0 bridgehead atoms. The van der Waals surface area contributed by atoms with Crippen molar-refractivity contribution in [3.05, 3.63) is 35.0 Å². The number of benzene rings is 1. The minimum absolute atomic E-state index is 1.13. The second-order valence-corrected chi connectivity index (χ2v) is 5.64. The van der Waals surface area contributed by atoms with Crippen LogP contribution < -0.4 is 5.32 Å². The third-order valence-corrected chi connectivity index (χ3v) is 4.29. The lowest BCUT2D eigenvalue weighted by Crippen LogP contribution is -2.44. The first-order chi connectivity index (χ1) is 9.24. The summed E-state index contributed by atoms with van der Waals surface area (Å²) in [6.07, 6.45) is 3.33. The first kappa shape index (κ1) is 12.7. The Balaban J connectivity index is 1.75. The highest BCUT2D eigenvalue weighted by Gasteiger charge is 2.11. The summed E-state index contributed by atoms with van der Waals surface area (Å²) in [6.45, 7) is 10.2. The lowest BCUT2D eigenvalue weighted by molar-refractivity contribution is 0.244. The Morgan fingerprint density at radius 2 is 1.84 bits per heavy atom. The number of piperazine rings is 1. The number of aromatic amines is 1. The maximum atomic E-state index is 3.41. The number of nitrogens with one attached hydrogen (secondary N) is 2. The fraction of sp³-hybridized carbons (Fsp3) is 0.500. The SMILES string of the molecule is Cc1cc2[nH]cc(CCN3CCNCC3)c2cc1C. The molecule has 3 rings (SSSR count). The number of nitrogens with zero attached hydrogens (tertiary/aromatic N) is 1. The number of fused-ring (bicyclic) bond motifs is 1. The van der Waals surface area contributed by atoms with E-state index in [1.54, 1.807) is 0 Å². The van der Waals surface area contributed by atoms with Crippen molar-refractivity contribution in [3.8, 4) is 0 Å². The van der Waals surface area contributed by atoms with Gasteiger partial charge in [-0.05, 0) is 49.1 Å². The molecule has 3 heteroatoms. The summed E-state index contributed by atoms with van der Waals surface area (Å²) in [5.41, 5.74) is 5.48. The van der Waals surface area contributed by atoms with Crippen LogP contribution in [0.2, 0.25) is 0 Å². The highest BCUT2D eigenvalue weighted by atomic mass is 15.2. The summed E-state index contributed by atoms with van der Waals surface area (Å²) in [5.74, 6) is 0. The van der Waals surface area contributed by atoms with Gasteiger partial charge in [-0.3, -0.25) is 0 Å². The summed E-state index contributed by atoms with van der Waals surface area (Å²) in [6, 6.07) is 4.59. The zero-order chi connectivity index (χ0) is 13.2. The Morgan fingerprint density at radius 3 is 2.63 bits per heavy atom. The molecule has 3 nitrogen and oxygen atoms in total. The maximum Gasteiger partial charge on any atom is 0.0459 e. The van der Waals surface area contributed by atoms with E-state index < -0.39 is 0 Å². The molecule has 1 aromatic heterocycles. The standard InChI is InChI=1S/C16H23N3/c1-12-9-15-14(11-18-16(15)10-13(12)2)3-6-19-7-4-17-5-8-19/h9-11,17-18H,3-8H2,1-2H3. The maximum absolute atomic E-state index is 3.41. The zero-order valence-electron chi connectivity index (χ0n) is 11.9. The molecule has 1 aromatic carbocycles. The Hall–Kier alpha value is -1.32. The molecule has 1 saturated heterocycles. The summed E-state index contributed by atoms with van der Waals surface area (Å²) < 4.78 is 0. The molecule has 19 heavy (non-hydrogen) atoms. The summed E-state index contributed by atoms with van der Waals surface area (Å²) in [4.78, 5) is 5.97. The molecular weight excluding hydrogens is 234 g/mol. The molecule has 2 heterocycles. The van der Waals surface area contributed by atoms with Crippen LogP contribution in [0, 0.1) is 13.8 Å². The van der Waals surface area contributed by atoms with Gasteiger partial charge >= 0.3 is 0 Å². The molecule has 0 saturated carbocycles. The van der Waals surface area contributed by atoms with Crippen LogP contribution in [0.4, 0.5) is 0 Å². The largest absolute Gasteiger partial charge is 0.361 e. The molecule has 1 aliphatic rings. The minimum atomic E-state index is 1.13. The van der Waals surface area contributed by atoms with Crippen molar-refractivity contribution in [1.29, 1.82) is 0 Å². The number of aromatic nitrogens is 1. The molecule has 1 fully saturated rings. The normalized spacial score (nSPS) is 17.2. The van der Waals surface area contributed by atoms with Crippen molar-refractivity contribution < 1.29 is 0 Å². The van der Waals surface area contributed by atoms with Gasteiger partial charge in [-0.25, -0.2) is 0 Å². The molecule has 0 amide bonds. The quantitative estimate of drug-likeness (QED) is 0.883. The van der Waals surface area contributed by atoms with Gasteiger partial charge in [0.05, 0.1) is 0 Å². The van der Waals surface area contributed by atoms with Gasteiger partial charge in [0.1, 0.15) is 0 Å². The average Bonchev–Trinajstić information content (AvgIpc) is 2.80. The van der Waals surface area contributed by atoms with E-state index in [-0.39, 0.29) is 0 Å². The Kier molecular flexibility index (Phi) is 3.58. The van der Waals surface area contributed by atoms with Crippen LogP contribution in [0.25, 0.3) is 10.9 Å². The van der Waals surface area contributed by atoms with Crippen LogP contribution in [0.3, 0.4) is 0 Å². The Bertz CT molecular complexity index is 565. The second-order valence-electron chi connectivity index (χ2n) is 5.64. The van der Waals surface area contributed by atoms with E-state index in [4.69, 9.17) is 0 Å². The van der Waals surface area contributed by atoms with Crippen molar-refractivity contribution in [2.75, 3.05) is 32.7 Å². The number of aryl methyl sites for hydroxylation is 2. The van der Waals surface area contributed by atoms with E-state index in [9.17, 15) is 0 Å². The van der Waals surface area contributed by atoms with E-state index in [0.29, 0.717) is 0 Å².